The van der Waals surface area contributed by atoms with Crippen LogP contribution in [0.15, 0.2) is 53.3 Å². The Bertz CT molecular complexity index is 1080. The standard InChI is InChI=1S/C24H31FN6O2/c1-14(24(2,3)25)30-21(19(11-26)22(27)32)20-10-17(13-28-20)16-6-4-5-15(9-16)12-29-23(33)31-18-7-8-18/h4-6,9-11,13-14,18,28H,7-8,12,26H2,1-3H3,(H2,27,32)(H2,29,31,33)/t14-/m1/s1. The first kappa shape index (κ1) is 24.0. The zero-order valence-electron chi connectivity index (χ0n) is 19.1. The van der Waals surface area contributed by atoms with E-state index in [9.17, 15) is 14.0 Å². The van der Waals surface area contributed by atoms with Crippen molar-refractivity contribution < 1.29 is 14.0 Å². The van der Waals surface area contributed by atoms with E-state index in [1.54, 1.807) is 19.2 Å². The van der Waals surface area contributed by atoms with E-state index in [4.69, 9.17) is 11.5 Å². The molecule has 0 bridgehead atoms. The molecule has 3 rings (SSSR count). The summed E-state index contributed by atoms with van der Waals surface area (Å²) in [5.41, 5.74) is 12.9. The fourth-order valence-electron chi connectivity index (χ4n) is 3.11. The van der Waals surface area contributed by atoms with E-state index in [0.29, 0.717) is 18.3 Å². The van der Waals surface area contributed by atoms with Gasteiger partial charge >= 0.3 is 6.03 Å². The van der Waals surface area contributed by atoms with Crippen LogP contribution in [0, 0.1) is 0 Å². The summed E-state index contributed by atoms with van der Waals surface area (Å²) in [5.74, 6) is -0.756. The molecule has 1 saturated carbocycles. The van der Waals surface area contributed by atoms with Crippen molar-refractivity contribution in [3.05, 3.63) is 59.6 Å². The first-order valence-electron chi connectivity index (χ1n) is 10.9. The summed E-state index contributed by atoms with van der Waals surface area (Å²) in [6.45, 7) is 4.84. The molecule has 0 aliphatic heterocycles. The summed E-state index contributed by atoms with van der Waals surface area (Å²) in [6, 6.07) is 8.89. The van der Waals surface area contributed by atoms with Gasteiger partial charge in [0.25, 0.3) is 5.91 Å². The van der Waals surface area contributed by atoms with Crippen LogP contribution in [0.1, 0.15) is 44.9 Å². The molecule has 0 saturated heterocycles. The van der Waals surface area contributed by atoms with E-state index >= 15 is 0 Å². The molecule has 1 aliphatic carbocycles. The zero-order valence-corrected chi connectivity index (χ0v) is 19.1. The molecule has 1 atom stereocenters. The number of amides is 3. The highest BCUT2D eigenvalue weighted by molar-refractivity contribution is 6.27. The van der Waals surface area contributed by atoms with Gasteiger partial charge in [0.05, 0.1) is 23.0 Å². The van der Waals surface area contributed by atoms with Gasteiger partial charge in [-0.15, -0.1) is 0 Å². The van der Waals surface area contributed by atoms with Crippen LogP contribution in [0.5, 0.6) is 0 Å². The molecule has 7 N–H and O–H groups in total. The topological polar surface area (TPSA) is 138 Å². The van der Waals surface area contributed by atoms with Gasteiger partial charge in [0.15, 0.2) is 0 Å². The van der Waals surface area contributed by atoms with E-state index in [-0.39, 0.29) is 17.3 Å². The van der Waals surface area contributed by atoms with Crippen LogP contribution < -0.4 is 22.1 Å². The zero-order chi connectivity index (χ0) is 24.2. The lowest BCUT2D eigenvalue weighted by molar-refractivity contribution is -0.114. The maximum absolute atomic E-state index is 14.4. The molecule has 1 aromatic heterocycles. The van der Waals surface area contributed by atoms with E-state index in [1.807, 2.05) is 24.3 Å². The summed E-state index contributed by atoms with van der Waals surface area (Å²) in [7, 11) is 0. The molecule has 2 aromatic rings. The van der Waals surface area contributed by atoms with Crippen LogP contribution in [0.25, 0.3) is 11.1 Å². The van der Waals surface area contributed by atoms with Crippen molar-refractivity contribution in [3.8, 4) is 11.1 Å². The van der Waals surface area contributed by atoms with Crippen molar-refractivity contribution in [2.75, 3.05) is 0 Å². The summed E-state index contributed by atoms with van der Waals surface area (Å²) in [6.07, 6.45) is 4.90. The van der Waals surface area contributed by atoms with Crippen molar-refractivity contribution in [2.24, 2.45) is 16.5 Å². The quantitative estimate of drug-likeness (QED) is 0.294. The molecule has 0 radical (unpaired) electrons. The van der Waals surface area contributed by atoms with E-state index in [0.717, 1.165) is 35.7 Å². The lowest BCUT2D eigenvalue weighted by Gasteiger charge is -2.21. The van der Waals surface area contributed by atoms with Crippen molar-refractivity contribution in [1.29, 1.82) is 0 Å². The first-order valence-corrected chi connectivity index (χ1v) is 10.9. The maximum Gasteiger partial charge on any atom is 0.315 e. The van der Waals surface area contributed by atoms with Crippen LogP contribution >= 0.6 is 0 Å². The number of nitrogens with two attached hydrogens (primary N) is 2. The van der Waals surface area contributed by atoms with Crippen molar-refractivity contribution in [2.45, 2.75) is 57.9 Å². The summed E-state index contributed by atoms with van der Waals surface area (Å²) in [4.78, 5) is 31.3. The number of aromatic amines is 1. The van der Waals surface area contributed by atoms with Crippen molar-refractivity contribution >= 4 is 17.6 Å². The predicted molar refractivity (Wildman–Crippen MR) is 127 cm³/mol. The van der Waals surface area contributed by atoms with Crippen LogP contribution in [0.2, 0.25) is 0 Å². The molecular weight excluding hydrogens is 423 g/mol. The monoisotopic (exact) mass is 454 g/mol. The van der Waals surface area contributed by atoms with Crippen molar-refractivity contribution in [3.63, 3.8) is 0 Å². The number of primary amides is 1. The number of nitrogens with zero attached hydrogens (tertiary/aromatic N) is 1. The number of H-pyrrole nitrogens is 1. The summed E-state index contributed by atoms with van der Waals surface area (Å²) < 4.78 is 14.4. The highest BCUT2D eigenvalue weighted by atomic mass is 19.1. The Morgan fingerprint density at radius 3 is 2.64 bits per heavy atom. The minimum absolute atomic E-state index is 0.000809. The lowest BCUT2D eigenvalue weighted by Crippen LogP contribution is -2.36. The minimum atomic E-state index is -1.61. The summed E-state index contributed by atoms with van der Waals surface area (Å²) >= 11 is 0. The minimum Gasteiger partial charge on any atom is -0.404 e. The normalized spacial score (nSPS) is 15.8. The molecule has 3 amide bonds. The Morgan fingerprint density at radius 1 is 1.30 bits per heavy atom. The number of aliphatic imine (C=N–C) groups is 1. The van der Waals surface area contributed by atoms with Crippen LogP contribution in [-0.2, 0) is 11.3 Å². The average Bonchev–Trinajstić information content (AvgIpc) is 3.42. The van der Waals surface area contributed by atoms with Gasteiger partial charge in [-0.2, -0.15) is 0 Å². The van der Waals surface area contributed by atoms with Gasteiger partial charge in [0.1, 0.15) is 5.67 Å². The molecule has 176 valence electrons. The predicted octanol–water partition coefficient (Wildman–Crippen LogP) is 2.90. The highest BCUT2D eigenvalue weighted by Crippen LogP contribution is 2.25. The SMILES string of the molecule is C[C@@H](N=C(C(=CN)C(N)=O)c1cc(-c2cccc(CNC(=O)NC3CC3)c2)c[nH]1)C(C)(C)F. The smallest absolute Gasteiger partial charge is 0.315 e. The first-order chi connectivity index (χ1) is 15.6. The number of hydrogen-bond donors (Lipinski definition) is 5. The van der Waals surface area contributed by atoms with Gasteiger partial charge in [-0.05, 0) is 62.4 Å². The third-order valence-corrected chi connectivity index (χ3v) is 5.57. The van der Waals surface area contributed by atoms with Gasteiger partial charge in [-0.25, -0.2) is 9.18 Å². The van der Waals surface area contributed by atoms with Gasteiger partial charge < -0.3 is 27.1 Å². The Morgan fingerprint density at radius 2 is 2.03 bits per heavy atom. The van der Waals surface area contributed by atoms with Crippen LogP contribution in [-0.4, -0.2) is 40.4 Å². The van der Waals surface area contributed by atoms with Gasteiger partial charge in [0, 0.05) is 25.0 Å². The Labute approximate surface area is 192 Å². The number of halogens is 1. The fourth-order valence-corrected chi connectivity index (χ4v) is 3.11. The number of rotatable bonds is 9. The van der Waals surface area contributed by atoms with E-state index < -0.39 is 17.6 Å². The Hall–Kier alpha value is -3.62. The number of nitrogens with one attached hydrogen (secondary N) is 3. The number of aromatic nitrogens is 1. The van der Waals surface area contributed by atoms with E-state index in [1.165, 1.54) is 13.8 Å². The van der Waals surface area contributed by atoms with Crippen LogP contribution in [0.4, 0.5) is 9.18 Å². The molecule has 9 heteroatoms. The summed E-state index contributed by atoms with van der Waals surface area (Å²) in [5, 5.41) is 5.75. The largest absolute Gasteiger partial charge is 0.404 e. The molecule has 33 heavy (non-hydrogen) atoms. The molecule has 0 spiro atoms. The second kappa shape index (κ2) is 9.89. The number of benzene rings is 1. The molecule has 8 nitrogen and oxygen atoms in total. The maximum atomic E-state index is 14.4. The number of urea groups is 1. The number of carbonyl (C=O) groups excluding carboxylic acids is 2. The third kappa shape index (κ3) is 6.44. The fraction of sp³-hybridized carbons (Fsp3) is 0.375. The molecular formula is C24H31FN6O2. The second-order valence-electron chi connectivity index (χ2n) is 8.77. The van der Waals surface area contributed by atoms with Gasteiger partial charge in [-0.3, -0.25) is 9.79 Å². The molecule has 1 aromatic carbocycles. The number of carbonyl (C=O) groups is 2. The van der Waals surface area contributed by atoms with Gasteiger partial charge in [-0.1, -0.05) is 18.2 Å². The molecule has 0 unspecified atom stereocenters. The molecule has 1 fully saturated rings. The Balaban J connectivity index is 1.84. The highest BCUT2D eigenvalue weighted by Gasteiger charge is 2.27. The third-order valence-electron chi connectivity index (χ3n) is 5.57. The second-order valence-corrected chi connectivity index (χ2v) is 8.77. The number of hydrogen-bond acceptors (Lipinski definition) is 4. The average molecular weight is 455 g/mol. The van der Waals surface area contributed by atoms with E-state index in [2.05, 4.69) is 20.6 Å². The van der Waals surface area contributed by atoms with Crippen LogP contribution in [0.3, 0.4) is 0 Å². The molecule has 1 aliphatic rings. The molecule has 1 heterocycles. The van der Waals surface area contributed by atoms with Gasteiger partial charge in [0.2, 0.25) is 0 Å². The van der Waals surface area contributed by atoms with Crippen molar-refractivity contribution in [1.82, 2.24) is 15.6 Å². The Kier molecular flexibility index (Phi) is 7.20. The number of alkyl halides is 1. The lowest BCUT2D eigenvalue weighted by atomic mass is 10.0.